The van der Waals surface area contributed by atoms with Crippen molar-refractivity contribution in [3.8, 4) is 90.5 Å². The molecule has 0 saturated heterocycles. The lowest BCUT2D eigenvalue weighted by molar-refractivity contribution is -0.138. The van der Waals surface area contributed by atoms with Crippen molar-refractivity contribution >= 4 is 57.2 Å². The first-order chi connectivity index (χ1) is 69.4. The number of hydrogen-bond donors (Lipinski definition) is 2. The Hall–Kier alpha value is -18.2. The summed E-state index contributed by atoms with van der Waals surface area (Å²) in [6.07, 6.45) is -14.1. The number of amides is 1. The van der Waals surface area contributed by atoms with Crippen LogP contribution in [-0.2, 0) is 50.9 Å². The maximum Gasteiger partial charge on any atom is 0.416 e. The zero-order valence-corrected chi connectivity index (χ0v) is 79.0. The number of carbonyl (C=O) groups excluding carboxylic acids is 1. The molecule has 0 atom stereocenters. The molecule has 0 fully saturated rings. The Kier molecular flexibility index (Phi) is 30.2. The average molecular weight is 2150 g/mol. The highest BCUT2D eigenvalue weighted by molar-refractivity contribution is 14.1. The number of hydrogen-bond acceptors (Lipinski definition) is 14. The second kappa shape index (κ2) is 41.8. The van der Waals surface area contributed by atoms with Crippen LogP contribution in [-0.4, -0.2) is 92.6 Å². The van der Waals surface area contributed by atoms with Gasteiger partial charge >= 0.3 is 53.4 Å². The summed E-state index contributed by atoms with van der Waals surface area (Å²) in [4.78, 5) is 144. The van der Waals surface area contributed by atoms with Gasteiger partial charge < -0.3 is 10.8 Å². The number of nitrogens with two attached hydrogens (primary N) is 1. The van der Waals surface area contributed by atoms with Gasteiger partial charge in [-0.2, -0.15) is 73.1 Å². The van der Waals surface area contributed by atoms with E-state index >= 15 is 0 Å². The van der Waals surface area contributed by atoms with Crippen molar-refractivity contribution in [3.05, 3.63) is 413 Å². The average Bonchev–Trinajstić information content (AvgIpc) is 1.70. The number of benzene rings is 8. The Morgan fingerprint density at radius 1 is 0.354 bits per heavy atom. The van der Waals surface area contributed by atoms with Crippen molar-refractivity contribution in [1.29, 1.82) is 0 Å². The highest BCUT2D eigenvalue weighted by atomic mass is 127. The van der Waals surface area contributed by atoms with E-state index < -0.39 is 138 Å². The van der Waals surface area contributed by atoms with Crippen LogP contribution < -0.4 is 50.7 Å². The summed E-state index contributed by atoms with van der Waals surface area (Å²) in [5.41, 5.74) is -8.39. The van der Waals surface area contributed by atoms with E-state index in [0.717, 1.165) is 148 Å². The summed E-state index contributed by atoms with van der Waals surface area (Å²) in [6, 6.07) is 31.9. The number of rotatable bonds is 18. The van der Waals surface area contributed by atoms with Gasteiger partial charge in [0.05, 0.1) is 173 Å². The molecule has 49 heteroatoms. The fourth-order valence-electron chi connectivity index (χ4n) is 16.0. The third-order valence-corrected chi connectivity index (χ3v) is 23.6. The molecule has 0 aliphatic heterocycles. The SMILES string of the molecule is [C-]#[N+]c1ccc(-n2ncc(C(=O)O)c2-c2c(C)n(-c3cccc(C(F)(F)F)c3)c(=O)n(CC)c2=O)c(F)c1.[C-]#[N+]c1ccc(-n2ncc(C(N)=O)c2-c2c(C)n(-c3cccc(C(F)(F)F)c3)c(=O)n(CC)c2=O)c(F)c1.[C-]#[N+]c1ccc(-n2ncc(I)c2-c2c(C)n(-c3cccc(C(F)(F)F)c3)c(=O)n(CC)c2=O)c(F)c1.[C-]#[N+]c1ccc(-n2nccc2-c2c(C)n(-c3cccc(C(F)(F)F)c3)c(=O)n(CC)c2=O)c(F)c1. The number of carbonyl (C=O) groups is 2. The van der Waals surface area contributed by atoms with Crippen LogP contribution in [0.25, 0.3) is 110 Å². The molecule has 0 aliphatic rings. The van der Waals surface area contributed by atoms with Crippen LogP contribution in [0, 0.1) is 80.8 Å². The molecular weight excluding hydrogens is 2080 g/mol. The van der Waals surface area contributed by atoms with Gasteiger partial charge in [-0.15, -0.1) is 0 Å². The second-order valence-electron chi connectivity index (χ2n) is 31.4. The number of aromatic nitrogens is 16. The third kappa shape index (κ3) is 20.4. The minimum atomic E-state index is -4.72. The predicted octanol–water partition coefficient (Wildman–Crippen LogP) is 19.0. The fourth-order valence-corrected chi connectivity index (χ4v) is 16.6. The maximum atomic E-state index is 15.0. The summed E-state index contributed by atoms with van der Waals surface area (Å²) in [5.74, 6) is -5.92. The van der Waals surface area contributed by atoms with Crippen molar-refractivity contribution in [1.82, 2.24) is 75.7 Å². The lowest BCUT2D eigenvalue weighted by Crippen LogP contribution is -2.41. The highest BCUT2D eigenvalue weighted by Gasteiger charge is 2.38. The van der Waals surface area contributed by atoms with Crippen molar-refractivity contribution in [2.24, 2.45) is 5.73 Å². The van der Waals surface area contributed by atoms with Crippen LogP contribution >= 0.6 is 22.6 Å². The monoisotopic (exact) mass is 2150 g/mol. The topological polar surface area (TPSA) is 345 Å². The van der Waals surface area contributed by atoms with E-state index in [1.807, 2.05) is 22.6 Å². The van der Waals surface area contributed by atoms with Gasteiger partial charge in [0.25, 0.3) is 28.1 Å². The van der Waals surface area contributed by atoms with Crippen LogP contribution in [0.15, 0.2) is 239 Å². The van der Waals surface area contributed by atoms with Crippen LogP contribution in [0.4, 0.5) is 93.0 Å². The first-order valence-electron chi connectivity index (χ1n) is 42.7. The van der Waals surface area contributed by atoms with Gasteiger partial charge in [0.2, 0.25) is 0 Å². The minimum absolute atomic E-state index is 0.0160. The Morgan fingerprint density at radius 3 is 0.884 bits per heavy atom. The molecule has 8 aromatic heterocycles. The van der Waals surface area contributed by atoms with Crippen molar-refractivity contribution in [2.75, 3.05) is 0 Å². The van der Waals surface area contributed by atoms with Gasteiger partial charge in [0, 0.05) is 49.0 Å². The van der Waals surface area contributed by atoms with Crippen LogP contribution in [0.2, 0.25) is 0 Å². The highest BCUT2D eigenvalue weighted by Crippen LogP contribution is 2.40. The first kappa shape index (κ1) is 106. The second-order valence-corrected chi connectivity index (χ2v) is 32.5. The van der Waals surface area contributed by atoms with Gasteiger partial charge in [-0.05, 0) is 205 Å². The molecule has 3 N–H and O–H groups in total. The minimum Gasteiger partial charge on any atom is -0.478 e. The Labute approximate surface area is 828 Å². The Morgan fingerprint density at radius 2 is 0.612 bits per heavy atom. The molecule has 0 aliphatic carbocycles. The molecular formula is C98H68F16IN21O11. The lowest BCUT2D eigenvalue weighted by atomic mass is 10.1. The van der Waals surface area contributed by atoms with E-state index in [4.69, 9.17) is 32.0 Å². The van der Waals surface area contributed by atoms with Gasteiger partial charge in [-0.25, -0.2) is 79.6 Å². The molecule has 147 heavy (non-hydrogen) atoms. The largest absolute Gasteiger partial charge is 0.478 e. The molecule has 16 rings (SSSR count). The molecule has 0 unspecified atom stereocenters. The summed E-state index contributed by atoms with van der Waals surface area (Å²) >= 11 is 1.91. The lowest BCUT2D eigenvalue weighted by Gasteiger charge is -2.19. The molecule has 0 spiro atoms. The van der Waals surface area contributed by atoms with Crippen LogP contribution in [0.1, 0.15) is 93.4 Å². The number of alkyl halides is 12. The standard InChI is InChI=1S/C25H18F4N6O3.C25H17F4N5O4.C24H16F4IN5O2.C24H17F4N5O2/c1-4-33-23(37)20(13(2)34(24(33)38)16-7-5-6-14(10-16)25(27,28)29)21-17(22(30)36)12-32-35(21)19-9-8-15(31-3)11-18(19)26;1-4-32-22(35)20(13(2)33(24(32)38)16-7-5-6-14(10-16)25(27,28)29)21-17(23(36)37)12-31-34(21)19-9-8-15(30-3)11-18(19)26;1-4-32-22(35)20(13(2)33(23(32)36)16-7-5-6-14(10-16)24(26,27)28)21-18(29)12-31-34(21)19-9-8-15(30-3)11-17(19)25;1-4-31-22(34)21(20-10-11-30-33(20)19-9-8-16(29-3)13-18(19)25)14(2)32(23(31)35)17-7-5-6-15(12-17)24(26,27)28/h5-12H,4H2,1-2H3,(H2,30,36);5-12H,4H2,1-2H3,(H,36,37);5-12H,4H2,1-2H3;5-13H,4H2,1-2H3. The van der Waals surface area contributed by atoms with Crippen molar-refractivity contribution in [2.45, 2.75) is 106 Å². The Balaban J connectivity index is 0.000000164. The van der Waals surface area contributed by atoms with E-state index in [0.29, 0.717) is 3.57 Å². The zero-order chi connectivity index (χ0) is 108. The van der Waals surface area contributed by atoms with Gasteiger partial charge in [-0.3, -0.25) is 60.5 Å². The fraction of sp³-hybridized carbons (Fsp3) is 0.163. The third-order valence-electron chi connectivity index (χ3n) is 22.8. The van der Waals surface area contributed by atoms with Gasteiger partial charge in [-0.1, -0.05) is 48.5 Å². The van der Waals surface area contributed by atoms with E-state index in [1.54, 1.807) is 13.8 Å². The molecule has 0 radical (unpaired) electrons. The molecule has 1 amide bonds. The molecule has 0 bridgehead atoms. The zero-order valence-electron chi connectivity index (χ0n) is 76.9. The molecule has 32 nitrogen and oxygen atoms in total. The molecule has 8 heterocycles. The van der Waals surface area contributed by atoms with Crippen molar-refractivity contribution < 1.29 is 84.9 Å². The summed E-state index contributed by atoms with van der Waals surface area (Å²) in [6.45, 7) is 39.2. The number of carboxylic acids is 1. The van der Waals surface area contributed by atoms with E-state index in [9.17, 15) is 123 Å². The Bertz CT molecular complexity index is 8540. The molecule has 750 valence electrons. The summed E-state index contributed by atoms with van der Waals surface area (Å²) in [7, 11) is 0. The van der Waals surface area contributed by atoms with Gasteiger partial charge in [0.1, 0.15) is 28.8 Å². The number of carboxylic acid groups (broad SMARTS) is 1. The van der Waals surface area contributed by atoms with Crippen molar-refractivity contribution in [3.63, 3.8) is 0 Å². The number of aromatic carboxylic acids is 1. The van der Waals surface area contributed by atoms with E-state index in [-0.39, 0.29) is 162 Å². The first-order valence-corrected chi connectivity index (χ1v) is 43.8. The summed E-state index contributed by atoms with van der Waals surface area (Å²) < 4.78 is 232. The smallest absolute Gasteiger partial charge is 0.416 e. The number of primary amides is 1. The molecule has 16 aromatic rings. The maximum absolute atomic E-state index is 15.0. The number of nitrogens with zero attached hydrogens (tertiary/aromatic N) is 20. The predicted molar refractivity (Wildman–Crippen MR) is 510 cm³/mol. The van der Waals surface area contributed by atoms with Crippen LogP contribution in [0.5, 0.6) is 0 Å². The van der Waals surface area contributed by atoms with E-state index in [2.05, 4.69) is 39.8 Å². The quantitative estimate of drug-likeness (QED) is 0.0458. The molecule has 0 saturated carbocycles. The molecule has 8 aromatic carbocycles. The van der Waals surface area contributed by atoms with E-state index in [1.165, 1.54) is 150 Å². The number of halogens is 17. The van der Waals surface area contributed by atoms with Gasteiger partial charge in [0.15, 0.2) is 22.7 Å². The normalized spacial score (nSPS) is 11.4. The summed E-state index contributed by atoms with van der Waals surface area (Å²) in [5, 5.41) is 26.1. The van der Waals surface area contributed by atoms with Crippen LogP contribution in [0.3, 0.4) is 0 Å².